The number of hydrogen-bond donors (Lipinski definition) is 1. The van der Waals surface area contributed by atoms with Crippen LogP contribution in [0.1, 0.15) is 11.5 Å². The summed E-state index contributed by atoms with van der Waals surface area (Å²) in [4.78, 5) is 0. The first-order chi connectivity index (χ1) is 8.25. The molecule has 4 heteroatoms. The molecule has 17 heavy (non-hydrogen) atoms. The van der Waals surface area contributed by atoms with Gasteiger partial charge in [-0.2, -0.15) is 16.9 Å². The summed E-state index contributed by atoms with van der Waals surface area (Å²) in [5.41, 5.74) is 9.62. The fourth-order valence-electron chi connectivity index (χ4n) is 2.06. The number of aromatic nitrogens is 2. The van der Waals surface area contributed by atoms with E-state index in [4.69, 9.17) is 5.73 Å². The number of nitrogens with zero attached hydrogens (tertiary/aromatic N) is 2. The number of thioether (sulfide) groups is 1. The first-order valence-corrected chi connectivity index (χ1v) is 6.86. The molecular weight excluding hydrogens is 230 g/mol. The highest BCUT2D eigenvalue weighted by Gasteiger charge is 2.20. The summed E-state index contributed by atoms with van der Waals surface area (Å²) in [6, 6.07) is 8.67. The monoisotopic (exact) mass is 245 g/mol. The Morgan fingerprint density at radius 1 is 1.41 bits per heavy atom. The Kier molecular flexibility index (Phi) is 2.59. The van der Waals surface area contributed by atoms with Gasteiger partial charge in [-0.15, -0.1) is 0 Å². The lowest BCUT2D eigenvalue weighted by Gasteiger charge is -2.25. The molecule has 0 bridgehead atoms. The molecule has 3 rings (SSSR count). The molecule has 0 aliphatic carbocycles. The number of aryl methyl sites for hydroxylation is 1. The van der Waals surface area contributed by atoms with Crippen molar-refractivity contribution >= 4 is 17.6 Å². The van der Waals surface area contributed by atoms with Crippen molar-refractivity contribution in [3.8, 4) is 11.1 Å². The molecule has 0 amide bonds. The van der Waals surface area contributed by atoms with Crippen LogP contribution < -0.4 is 5.73 Å². The van der Waals surface area contributed by atoms with Crippen LogP contribution in [0, 0.1) is 0 Å². The molecule has 3 nitrogen and oxygen atoms in total. The van der Waals surface area contributed by atoms with Crippen LogP contribution in [0.3, 0.4) is 0 Å². The SMILES string of the molecule is Cn1ncc(-c2cccc(C3CSC3)c2)c1N. The van der Waals surface area contributed by atoms with Crippen LogP contribution in [-0.2, 0) is 7.05 Å². The largest absolute Gasteiger partial charge is 0.383 e. The quantitative estimate of drug-likeness (QED) is 0.884. The molecule has 1 saturated heterocycles. The summed E-state index contributed by atoms with van der Waals surface area (Å²) in [6.07, 6.45) is 1.84. The molecule has 1 aliphatic heterocycles. The average Bonchev–Trinajstić information content (AvgIpc) is 2.58. The van der Waals surface area contributed by atoms with E-state index in [2.05, 4.69) is 29.4 Å². The van der Waals surface area contributed by atoms with Crippen molar-refractivity contribution in [3.05, 3.63) is 36.0 Å². The molecule has 2 heterocycles. The van der Waals surface area contributed by atoms with Crippen LogP contribution in [0.25, 0.3) is 11.1 Å². The van der Waals surface area contributed by atoms with Crippen molar-refractivity contribution in [2.24, 2.45) is 7.05 Å². The second-order valence-electron chi connectivity index (χ2n) is 4.43. The predicted octanol–water partition coefficient (Wildman–Crippen LogP) is 2.50. The van der Waals surface area contributed by atoms with E-state index in [0.717, 1.165) is 17.3 Å². The maximum atomic E-state index is 6.00. The highest BCUT2D eigenvalue weighted by atomic mass is 32.2. The Morgan fingerprint density at radius 2 is 2.24 bits per heavy atom. The van der Waals surface area contributed by atoms with Crippen molar-refractivity contribution in [2.75, 3.05) is 17.2 Å². The molecule has 0 saturated carbocycles. The van der Waals surface area contributed by atoms with Gasteiger partial charge in [0, 0.05) is 30.0 Å². The highest BCUT2D eigenvalue weighted by Crippen LogP contribution is 2.36. The molecule has 1 fully saturated rings. The molecule has 1 aromatic heterocycles. The Morgan fingerprint density at radius 3 is 2.82 bits per heavy atom. The van der Waals surface area contributed by atoms with Crippen molar-refractivity contribution < 1.29 is 0 Å². The molecule has 1 aromatic carbocycles. The summed E-state index contributed by atoms with van der Waals surface area (Å²) in [6.45, 7) is 0. The molecular formula is C13H15N3S. The van der Waals surface area contributed by atoms with Crippen molar-refractivity contribution in [3.63, 3.8) is 0 Å². The van der Waals surface area contributed by atoms with Crippen LogP contribution in [0.5, 0.6) is 0 Å². The van der Waals surface area contributed by atoms with Gasteiger partial charge < -0.3 is 5.73 Å². The topological polar surface area (TPSA) is 43.8 Å². The summed E-state index contributed by atoms with van der Waals surface area (Å²) in [7, 11) is 1.87. The number of benzene rings is 1. The number of anilines is 1. The van der Waals surface area contributed by atoms with Crippen molar-refractivity contribution in [1.29, 1.82) is 0 Å². The van der Waals surface area contributed by atoms with Gasteiger partial charge in [0.1, 0.15) is 5.82 Å². The van der Waals surface area contributed by atoms with Crippen molar-refractivity contribution in [1.82, 2.24) is 9.78 Å². The van der Waals surface area contributed by atoms with E-state index >= 15 is 0 Å². The third-order valence-corrected chi connectivity index (χ3v) is 4.57. The molecule has 2 N–H and O–H groups in total. The molecule has 0 radical (unpaired) electrons. The Balaban J connectivity index is 2.00. The lowest BCUT2D eigenvalue weighted by Crippen LogP contribution is -2.15. The second kappa shape index (κ2) is 4.11. The maximum absolute atomic E-state index is 6.00. The third kappa shape index (κ3) is 1.82. The van der Waals surface area contributed by atoms with Crippen LogP contribution in [0.2, 0.25) is 0 Å². The summed E-state index contributed by atoms with van der Waals surface area (Å²) in [5, 5.41) is 4.19. The molecule has 0 unspecified atom stereocenters. The lowest BCUT2D eigenvalue weighted by molar-refractivity contribution is 0.779. The smallest absolute Gasteiger partial charge is 0.129 e. The minimum absolute atomic E-state index is 0.720. The number of nitrogens with two attached hydrogens (primary N) is 1. The van der Waals surface area contributed by atoms with E-state index in [1.54, 1.807) is 4.68 Å². The number of nitrogen functional groups attached to an aromatic ring is 1. The Bertz CT molecular complexity index is 543. The third-order valence-electron chi connectivity index (χ3n) is 3.29. The zero-order valence-corrected chi connectivity index (χ0v) is 10.6. The fourth-order valence-corrected chi connectivity index (χ4v) is 2.91. The molecule has 0 spiro atoms. The zero-order chi connectivity index (χ0) is 11.8. The summed E-state index contributed by atoms with van der Waals surface area (Å²) in [5.74, 6) is 3.93. The van der Waals surface area contributed by atoms with Gasteiger partial charge in [-0.25, -0.2) is 0 Å². The summed E-state index contributed by atoms with van der Waals surface area (Å²) >= 11 is 2.01. The van der Waals surface area contributed by atoms with Gasteiger partial charge in [0.15, 0.2) is 0 Å². The molecule has 88 valence electrons. The van der Waals surface area contributed by atoms with Gasteiger partial charge >= 0.3 is 0 Å². The van der Waals surface area contributed by atoms with E-state index in [1.165, 1.54) is 22.6 Å². The Labute approximate surface area is 105 Å². The van der Waals surface area contributed by atoms with E-state index in [-0.39, 0.29) is 0 Å². The van der Waals surface area contributed by atoms with Crippen LogP contribution in [0.15, 0.2) is 30.5 Å². The second-order valence-corrected chi connectivity index (χ2v) is 5.50. The van der Waals surface area contributed by atoms with Gasteiger partial charge in [-0.3, -0.25) is 4.68 Å². The molecule has 1 aliphatic rings. The van der Waals surface area contributed by atoms with Crippen LogP contribution >= 0.6 is 11.8 Å². The number of rotatable bonds is 2. The van der Waals surface area contributed by atoms with Gasteiger partial charge in [0.25, 0.3) is 0 Å². The minimum Gasteiger partial charge on any atom is -0.383 e. The van der Waals surface area contributed by atoms with E-state index in [0.29, 0.717) is 0 Å². The van der Waals surface area contributed by atoms with Crippen LogP contribution in [-0.4, -0.2) is 21.3 Å². The maximum Gasteiger partial charge on any atom is 0.129 e. The standard InChI is InChI=1S/C13H15N3S/c1-16-13(14)12(6-15-16)10-4-2-3-9(5-10)11-7-17-8-11/h2-6,11H,7-8,14H2,1H3. The van der Waals surface area contributed by atoms with E-state index in [1.807, 2.05) is 25.0 Å². The molecule has 0 atom stereocenters. The fraction of sp³-hybridized carbons (Fsp3) is 0.308. The predicted molar refractivity (Wildman–Crippen MR) is 73.1 cm³/mol. The first kappa shape index (κ1) is 10.7. The van der Waals surface area contributed by atoms with Gasteiger partial charge in [0.05, 0.1) is 6.20 Å². The van der Waals surface area contributed by atoms with E-state index in [9.17, 15) is 0 Å². The van der Waals surface area contributed by atoms with Gasteiger partial charge in [-0.1, -0.05) is 24.3 Å². The Hall–Kier alpha value is -1.42. The minimum atomic E-state index is 0.720. The van der Waals surface area contributed by atoms with Crippen LogP contribution in [0.4, 0.5) is 5.82 Å². The van der Waals surface area contributed by atoms with Gasteiger partial charge in [-0.05, 0) is 11.1 Å². The normalized spacial score (nSPS) is 15.8. The van der Waals surface area contributed by atoms with Crippen molar-refractivity contribution in [2.45, 2.75) is 5.92 Å². The highest BCUT2D eigenvalue weighted by molar-refractivity contribution is 8.00. The zero-order valence-electron chi connectivity index (χ0n) is 9.76. The lowest BCUT2D eigenvalue weighted by atomic mass is 9.98. The number of hydrogen-bond acceptors (Lipinski definition) is 3. The summed E-state index contributed by atoms with van der Waals surface area (Å²) < 4.78 is 1.71. The molecule has 2 aromatic rings. The average molecular weight is 245 g/mol. The first-order valence-electron chi connectivity index (χ1n) is 5.71. The van der Waals surface area contributed by atoms with Gasteiger partial charge in [0.2, 0.25) is 0 Å². The van der Waals surface area contributed by atoms with E-state index < -0.39 is 0 Å².